The number of likely N-dealkylation sites (N-methyl/N-ethyl adjacent to an activating group) is 1. The summed E-state index contributed by atoms with van der Waals surface area (Å²) < 4.78 is 5.49. The van der Waals surface area contributed by atoms with E-state index >= 15 is 0 Å². The molecule has 0 spiro atoms. The van der Waals surface area contributed by atoms with Crippen LogP contribution in [-0.4, -0.2) is 68.3 Å². The minimum atomic E-state index is 0.299. The summed E-state index contributed by atoms with van der Waals surface area (Å²) in [5.41, 5.74) is 6.36. The second kappa shape index (κ2) is 5.87. The van der Waals surface area contributed by atoms with Gasteiger partial charge < -0.3 is 10.5 Å². The lowest BCUT2D eigenvalue weighted by molar-refractivity contribution is -0.0217. The Kier molecular flexibility index (Phi) is 4.64. The Labute approximate surface area is 111 Å². The highest BCUT2D eigenvalue weighted by molar-refractivity contribution is 4.90. The number of nitrogens with zero attached hydrogens (tertiary/aromatic N) is 2. The lowest BCUT2D eigenvalue weighted by Crippen LogP contribution is -2.58. The molecule has 0 saturated carbocycles. The van der Waals surface area contributed by atoms with Gasteiger partial charge in [0.1, 0.15) is 0 Å². The van der Waals surface area contributed by atoms with Gasteiger partial charge >= 0.3 is 0 Å². The van der Waals surface area contributed by atoms with Crippen LogP contribution in [0.25, 0.3) is 0 Å². The minimum Gasteiger partial charge on any atom is -0.381 e. The maximum atomic E-state index is 6.06. The average molecular weight is 255 g/mol. The Morgan fingerprint density at radius 3 is 2.22 bits per heavy atom. The first-order valence-electron chi connectivity index (χ1n) is 7.28. The molecule has 2 rings (SSSR count). The van der Waals surface area contributed by atoms with Crippen molar-refractivity contribution in [3.05, 3.63) is 0 Å². The quantitative estimate of drug-likeness (QED) is 0.809. The number of ether oxygens (including phenoxy) is 1. The van der Waals surface area contributed by atoms with E-state index in [0.29, 0.717) is 17.5 Å². The van der Waals surface area contributed by atoms with E-state index in [9.17, 15) is 0 Å². The molecule has 18 heavy (non-hydrogen) atoms. The van der Waals surface area contributed by atoms with Gasteiger partial charge in [0.25, 0.3) is 0 Å². The Balaban J connectivity index is 1.95. The van der Waals surface area contributed by atoms with E-state index in [1.54, 1.807) is 0 Å². The van der Waals surface area contributed by atoms with Crippen LogP contribution in [0.1, 0.15) is 26.7 Å². The van der Waals surface area contributed by atoms with Crippen LogP contribution < -0.4 is 5.73 Å². The molecule has 0 bridgehead atoms. The zero-order valence-electron chi connectivity index (χ0n) is 12.2. The summed E-state index contributed by atoms with van der Waals surface area (Å²) in [5.74, 6) is 0. The normalized spacial score (nSPS) is 34.7. The second-order valence-electron chi connectivity index (χ2n) is 6.37. The fraction of sp³-hybridized carbons (Fsp3) is 1.00. The zero-order valence-corrected chi connectivity index (χ0v) is 12.2. The van der Waals surface area contributed by atoms with Crippen molar-refractivity contribution in [2.75, 3.05) is 46.4 Å². The summed E-state index contributed by atoms with van der Waals surface area (Å²) >= 11 is 0. The molecule has 2 atom stereocenters. The van der Waals surface area contributed by atoms with Gasteiger partial charge in [0, 0.05) is 44.9 Å². The molecule has 0 aromatic rings. The standard InChI is InChI=1S/C14H29N3O/c1-12-8-17(9-13(2)16(12)3)11-14(10-15)4-6-18-7-5-14/h12-13H,4-11,15H2,1-3H3. The molecule has 2 N–H and O–H groups in total. The van der Waals surface area contributed by atoms with E-state index in [1.807, 2.05) is 0 Å². The maximum Gasteiger partial charge on any atom is 0.0472 e. The predicted octanol–water partition coefficient (Wildman–Crippen LogP) is 0.766. The van der Waals surface area contributed by atoms with Crippen molar-refractivity contribution in [2.24, 2.45) is 11.1 Å². The van der Waals surface area contributed by atoms with E-state index in [0.717, 1.165) is 39.1 Å². The molecule has 2 unspecified atom stereocenters. The summed E-state index contributed by atoms with van der Waals surface area (Å²) in [6, 6.07) is 1.28. The molecular formula is C14H29N3O. The molecule has 0 aliphatic carbocycles. The highest BCUT2D eigenvalue weighted by Crippen LogP contribution is 2.31. The maximum absolute atomic E-state index is 6.06. The van der Waals surface area contributed by atoms with Crippen molar-refractivity contribution in [1.82, 2.24) is 9.80 Å². The Hall–Kier alpha value is -0.160. The van der Waals surface area contributed by atoms with Crippen LogP contribution in [0.3, 0.4) is 0 Å². The van der Waals surface area contributed by atoms with Crippen molar-refractivity contribution in [3.63, 3.8) is 0 Å². The summed E-state index contributed by atoms with van der Waals surface area (Å²) in [6.45, 7) is 10.7. The Morgan fingerprint density at radius 2 is 1.72 bits per heavy atom. The average Bonchev–Trinajstić information content (AvgIpc) is 2.37. The number of nitrogens with two attached hydrogens (primary N) is 1. The third-order valence-corrected chi connectivity index (χ3v) is 4.98. The number of hydrogen-bond donors (Lipinski definition) is 1. The van der Waals surface area contributed by atoms with Crippen LogP contribution >= 0.6 is 0 Å². The van der Waals surface area contributed by atoms with Gasteiger partial charge in [-0.15, -0.1) is 0 Å². The van der Waals surface area contributed by atoms with E-state index in [4.69, 9.17) is 10.5 Å². The van der Waals surface area contributed by atoms with Crippen molar-refractivity contribution in [1.29, 1.82) is 0 Å². The molecule has 4 heteroatoms. The van der Waals surface area contributed by atoms with Gasteiger partial charge in [0.2, 0.25) is 0 Å². The van der Waals surface area contributed by atoms with Gasteiger partial charge in [0.15, 0.2) is 0 Å². The fourth-order valence-electron chi connectivity index (χ4n) is 3.35. The number of rotatable bonds is 3. The zero-order chi connectivity index (χ0) is 13.2. The van der Waals surface area contributed by atoms with Crippen LogP contribution in [0.2, 0.25) is 0 Å². The number of hydrogen-bond acceptors (Lipinski definition) is 4. The fourth-order valence-corrected chi connectivity index (χ4v) is 3.35. The number of piperazine rings is 1. The molecule has 2 aliphatic rings. The Bertz CT molecular complexity index is 254. The van der Waals surface area contributed by atoms with E-state index < -0.39 is 0 Å². The van der Waals surface area contributed by atoms with Gasteiger partial charge in [-0.1, -0.05) is 0 Å². The first-order chi connectivity index (χ1) is 8.56. The second-order valence-corrected chi connectivity index (χ2v) is 6.37. The van der Waals surface area contributed by atoms with E-state index in [1.165, 1.54) is 13.1 Å². The summed E-state index contributed by atoms with van der Waals surface area (Å²) in [7, 11) is 2.24. The molecule has 2 heterocycles. The molecule has 0 radical (unpaired) electrons. The van der Waals surface area contributed by atoms with Crippen molar-refractivity contribution >= 4 is 0 Å². The third kappa shape index (κ3) is 3.05. The highest BCUT2D eigenvalue weighted by atomic mass is 16.5. The topological polar surface area (TPSA) is 41.7 Å². The van der Waals surface area contributed by atoms with E-state index in [2.05, 4.69) is 30.7 Å². The minimum absolute atomic E-state index is 0.299. The van der Waals surface area contributed by atoms with Crippen LogP contribution in [-0.2, 0) is 4.74 Å². The van der Waals surface area contributed by atoms with Crippen molar-refractivity contribution < 1.29 is 4.74 Å². The predicted molar refractivity (Wildman–Crippen MR) is 74.7 cm³/mol. The largest absolute Gasteiger partial charge is 0.381 e. The lowest BCUT2D eigenvalue weighted by atomic mass is 9.79. The molecule has 2 aliphatic heterocycles. The van der Waals surface area contributed by atoms with Gasteiger partial charge in [-0.25, -0.2) is 0 Å². The molecule has 0 aromatic heterocycles. The van der Waals surface area contributed by atoms with Gasteiger partial charge in [-0.05, 0) is 45.7 Å². The molecule has 0 amide bonds. The molecule has 4 nitrogen and oxygen atoms in total. The van der Waals surface area contributed by atoms with Gasteiger partial charge in [-0.3, -0.25) is 9.80 Å². The van der Waals surface area contributed by atoms with Gasteiger partial charge in [0.05, 0.1) is 0 Å². The molecule has 2 fully saturated rings. The lowest BCUT2D eigenvalue weighted by Gasteiger charge is -2.47. The summed E-state index contributed by atoms with van der Waals surface area (Å²) in [5, 5.41) is 0. The molecular weight excluding hydrogens is 226 g/mol. The molecule has 106 valence electrons. The smallest absolute Gasteiger partial charge is 0.0472 e. The highest BCUT2D eigenvalue weighted by Gasteiger charge is 2.36. The first kappa shape index (κ1) is 14.3. The van der Waals surface area contributed by atoms with Crippen LogP contribution in [0, 0.1) is 5.41 Å². The monoisotopic (exact) mass is 255 g/mol. The van der Waals surface area contributed by atoms with E-state index in [-0.39, 0.29) is 0 Å². The van der Waals surface area contributed by atoms with Crippen LogP contribution in [0.5, 0.6) is 0 Å². The first-order valence-corrected chi connectivity index (χ1v) is 7.28. The Morgan fingerprint density at radius 1 is 1.17 bits per heavy atom. The molecule has 0 aromatic carbocycles. The van der Waals surface area contributed by atoms with Gasteiger partial charge in [-0.2, -0.15) is 0 Å². The molecule has 2 saturated heterocycles. The van der Waals surface area contributed by atoms with Crippen molar-refractivity contribution in [2.45, 2.75) is 38.8 Å². The SMILES string of the molecule is CC1CN(CC2(CN)CCOCC2)CC(C)N1C. The van der Waals surface area contributed by atoms with Crippen molar-refractivity contribution in [3.8, 4) is 0 Å². The third-order valence-electron chi connectivity index (χ3n) is 4.98. The summed E-state index contributed by atoms with van der Waals surface area (Å²) in [6.07, 6.45) is 2.25. The van der Waals surface area contributed by atoms with Crippen LogP contribution in [0.4, 0.5) is 0 Å². The summed E-state index contributed by atoms with van der Waals surface area (Å²) in [4.78, 5) is 5.10. The van der Waals surface area contributed by atoms with Crippen LogP contribution in [0.15, 0.2) is 0 Å².